The van der Waals surface area contributed by atoms with Crippen molar-refractivity contribution in [1.29, 1.82) is 10.5 Å². The summed E-state index contributed by atoms with van der Waals surface area (Å²) in [5.41, 5.74) is 1.11. The first-order chi connectivity index (χ1) is 7.19. The Kier molecular flexibility index (Phi) is 5.34. The van der Waals surface area contributed by atoms with Crippen LogP contribution >= 0.6 is 45.2 Å². The van der Waals surface area contributed by atoms with Gasteiger partial charge in [-0.3, -0.25) is 0 Å². The fourth-order valence-electron chi connectivity index (χ4n) is 1.35. The molecule has 0 aliphatic rings. The summed E-state index contributed by atoms with van der Waals surface area (Å²) in [6.45, 7) is 0. The highest BCUT2D eigenvalue weighted by molar-refractivity contribution is 14.1. The van der Waals surface area contributed by atoms with Gasteiger partial charge in [-0.2, -0.15) is 10.5 Å². The first-order valence-corrected chi connectivity index (χ1v) is 6.53. The van der Waals surface area contributed by atoms with Crippen molar-refractivity contribution >= 4 is 45.2 Å². The fraction of sp³-hybridized carbons (Fsp3) is 0.273. The third kappa shape index (κ3) is 3.62. The van der Waals surface area contributed by atoms with E-state index < -0.39 is 0 Å². The van der Waals surface area contributed by atoms with Gasteiger partial charge in [0.15, 0.2) is 0 Å². The van der Waals surface area contributed by atoms with Gasteiger partial charge < -0.3 is 0 Å². The van der Waals surface area contributed by atoms with Gasteiger partial charge in [-0.1, -0.05) is 6.07 Å². The molecule has 0 spiro atoms. The summed E-state index contributed by atoms with van der Waals surface area (Å²) in [6, 6.07) is 10.4. The Balaban J connectivity index is 3.02. The summed E-state index contributed by atoms with van der Waals surface area (Å²) in [5.74, 6) is 0.0453. The maximum Gasteiger partial charge on any atom is 0.0628 e. The van der Waals surface area contributed by atoms with Crippen LogP contribution in [0.4, 0.5) is 0 Å². The lowest BCUT2D eigenvalue weighted by Gasteiger charge is -2.12. The van der Waals surface area contributed by atoms with E-state index in [2.05, 4.69) is 63.4 Å². The minimum atomic E-state index is 0.0453. The van der Waals surface area contributed by atoms with Crippen LogP contribution in [0.3, 0.4) is 0 Å². The van der Waals surface area contributed by atoms with Crippen molar-refractivity contribution < 1.29 is 0 Å². The summed E-state index contributed by atoms with van der Waals surface area (Å²) in [5, 5.41) is 17.4. The van der Waals surface area contributed by atoms with Gasteiger partial charge in [0, 0.05) is 25.9 Å². The molecule has 0 heterocycles. The molecule has 0 aliphatic carbocycles. The molecule has 0 unspecified atom stereocenters. The van der Waals surface area contributed by atoms with E-state index >= 15 is 0 Å². The minimum absolute atomic E-state index is 0.0453. The normalized spacial score (nSPS) is 9.67. The molecule has 0 saturated heterocycles. The molecule has 1 aromatic rings. The Labute approximate surface area is 117 Å². The number of benzene rings is 1. The Morgan fingerprint density at radius 2 is 1.73 bits per heavy atom. The van der Waals surface area contributed by atoms with Crippen LogP contribution in [0.2, 0.25) is 0 Å². The van der Waals surface area contributed by atoms with E-state index in [-0.39, 0.29) is 5.92 Å². The zero-order valence-electron chi connectivity index (χ0n) is 7.87. The monoisotopic (exact) mass is 422 g/mol. The zero-order valence-corrected chi connectivity index (χ0v) is 12.2. The second-order valence-electron chi connectivity index (χ2n) is 3.09. The first-order valence-electron chi connectivity index (χ1n) is 4.38. The number of hydrogen-bond acceptors (Lipinski definition) is 2. The van der Waals surface area contributed by atoms with Crippen LogP contribution in [-0.4, -0.2) is 0 Å². The number of rotatable bonds is 3. The smallest absolute Gasteiger partial charge is 0.0628 e. The van der Waals surface area contributed by atoms with Crippen LogP contribution in [0.25, 0.3) is 0 Å². The van der Waals surface area contributed by atoms with E-state index in [4.69, 9.17) is 10.5 Å². The minimum Gasteiger partial charge on any atom is -0.198 e. The summed E-state index contributed by atoms with van der Waals surface area (Å²) < 4.78 is 2.31. The predicted molar refractivity (Wildman–Crippen MR) is 75.1 cm³/mol. The highest BCUT2D eigenvalue weighted by Crippen LogP contribution is 2.28. The maximum atomic E-state index is 8.71. The number of nitriles is 2. The summed E-state index contributed by atoms with van der Waals surface area (Å²) in [6.07, 6.45) is 0.814. The van der Waals surface area contributed by atoms with Gasteiger partial charge in [-0.25, -0.2) is 0 Å². The first kappa shape index (κ1) is 12.7. The lowest BCUT2D eigenvalue weighted by atomic mass is 9.94. The van der Waals surface area contributed by atoms with Gasteiger partial charge in [0.1, 0.15) is 0 Å². The number of hydrogen-bond donors (Lipinski definition) is 0. The molecule has 2 nitrogen and oxygen atoms in total. The molecule has 0 N–H and O–H groups in total. The van der Waals surface area contributed by atoms with Crippen molar-refractivity contribution in [3.8, 4) is 12.1 Å². The van der Waals surface area contributed by atoms with Gasteiger partial charge in [-0.05, 0) is 62.9 Å². The van der Waals surface area contributed by atoms with Crippen molar-refractivity contribution in [2.75, 3.05) is 0 Å². The van der Waals surface area contributed by atoms with E-state index in [1.807, 2.05) is 12.1 Å². The van der Waals surface area contributed by atoms with E-state index in [9.17, 15) is 0 Å². The fourth-order valence-corrected chi connectivity index (χ4v) is 3.39. The molecule has 0 aromatic heterocycles. The van der Waals surface area contributed by atoms with Crippen molar-refractivity contribution in [3.63, 3.8) is 0 Å². The van der Waals surface area contributed by atoms with E-state index in [0.717, 1.165) is 9.13 Å². The topological polar surface area (TPSA) is 47.6 Å². The van der Waals surface area contributed by atoms with Crippen LogP contribution in [0.1, 0.15) is 24.3 Å². The van der Waals surface area contributed by atoms with Crippen LogP contribution in [0.15, 0.2) is 18.2 Å². The number of nitrogens with zero attached hydrogens (tertiary/aromatic N) is 2. The molecule has 0 fully saturated rings. The zero-order chi connectivity index (χ0) is 11.3. The Morgan fingerprint density at radius 3 is 2.20 bits per heavy atom. The summed E-state index contributed by atoms with van der Waals surface area (Å²) in [7, 11) is 0. The molecule has 0 aliphatic heterocycles. The quantitative estimate of drug-likeness (QED) is 0.697. The highest BCUT2D eigenvalue weighted by Gasteiger charge is 2.14. The molecule has 0 saturated carbocycles. The second kappa shape index (κ2) is 6.29. The second-order valence-corrected chi connectivity index (χ2v) is 5.50. The average Bonchev–Trinajstić information content (AvgIpc) is 2.17. The molecule has 0 radical (unpaired) electrons. The molecule has 4 heteroatoms. The van der Waals surface area contributed by atoms with Gasteiger partial charge in [0.2, 0.25) is 0 Å². The molecule has 76 valence electrons. The Hall–Kier alpha value is -0.340. The predicted octanol–water partition coefficient (Wildman–Crippen LogP) is 3.81. The largest absolute Gasteiger partial charge is 0.198 e. The molecule has 0 atom stereocenters. The Bertz CT molecular complexity index is 413. The Morgan fingerprint density at radius 1 is 1.13 bits per heavy atom. The SMILES string of the molecule is N#CCC(CC#N)c1ccc(I)cc1I. The summed E-state index contributed by atoms with van der Waals surface area (Å²) in [4.78, 5) is 0. The van der Waals surface area contributed by atoms with Gasteiger partial charge in [0.25, 0.3) is 0 Å². The van der Waals surface area contributed by atoms with Gasteiger partial charge >= 0.3 is 0 Å². The van der Waals surface area contributed by atoms with Crippen molar-refractivity contribution in [3.05, 3.63) is 30.9 Å². The standard InChI is InChI=1S/C11H8I2N2/c12-9-1-2-10(11(13)7-9)8(3-5-14)4-6-15/h1-2,7-8H,3-4H2. The van der Waals surface area contributed by atoms with Crippen LogP contribution in [0.5, 0.6) is 0 Å². The van der Waals surface area contributed by atoms with E-state index in [0.29, 0.717) is 12.8 Å². The average molecular weight is 422 g/mol. The molecule has 1 aromatic carbocycles. The lowest BCUT2D eigenvalue weighted by molar-refractivity contribution is 0.722. The molecular formula is C11H8I2N2. The van der Waals surface area contributed by atoms with Crippen LogP contribution in [0, 0.1) is 29.8 Å². The third-order valence-electron chi connectivity index (χ3n) is 2.08. The van der Waals surface area contributed by atoms with Gasteiger partial charge in [-0.15, -0.1) is 0 Å². The molecule has 15 heavy (non-hydrogen) atoms. The molecular weight excluding hydrogens is 414 g/mol. The van der Waals surface area contributed by atoms with Crippen molar-refractivity contribution in [2.24, 2.45) is 0 Å². The third-order valence-corrected chi connectivity index (χ3v) is 3.68. The van der Waals surface area contributed by atoms with E-state index in [1.165, 1.54) is 3.57 Å². The van der Waals surface area contributed by atoms with Gasteiger partial charge in [0.05, 0.1) is 12.1 Å². The lowest BCUT2D eigenvalue weighted by Crippen LogP contribution is -2.00. The molecule has 0 amide bonds. The molecule has 1 rings (SSSR count). The van der Waals surface area contributed by atoms with Crippen molar-refractivity contribution in [2.45, 2.75) is 18.8 Å². The summed E-state index contributed by atoms with van der Waals surface area (Å²) >= 11 is 4.51. The van der Waals surface area contributed by atoms with E-state index in [1.54, 1.807) is 0 Å². The van der Waals surface area contributed by atoms with Crippen LogP contribution < -0.4 is 0 Å². The highest BCUT2D eigenvalue weighted by atomic mass is 127. The van der Waals surface area contributed by atoms with Crippen LogP contribution in [-0.2, 0) is 0 Å². The van der Waals surface area contributed by atoms with Crippen molar-refractivity contribution in [1.82, 2.24) is 0 Å². The molecule has 0 bridgehead atoms. The number of halogens is 2. The maximum absolute atomic E-state index is 8.71.